The summed E-state index contributed by atoms with van der Waals surface area (Å²) in [6.07, 6.45) is 4.70. The molecule has 0 aromatic heterocycles. The van der Waals surface area contributed by atoms with Gasteiger partial charge in [-0.05, 0) is 37.5 Å². The Morgan fingerprint density at radius 1 is 0.958 bits per heavy atom. The summed E-state index contributed by atoms with van der Waals surface area (Å²) >= 11 is 0. The van der Waals surface area contributed by atoms with Crippen LogP contribution in [-0.4, -0.2) is 17.5 Å². The van der Waals surface area contributed by atoms with Crippen LogP contribution in [0.2, 0.25) is 0 Å². The standard InChI is InChI=1S/C17H23NO3.C3H8/c1-3-4-5-17(21)18-15-9-6-14(7-10-15)8-11-16(20)12-13(2)19;1-3-2/h6-7,9-10H,3-5,8,11-12H2,1-2H3,(H,18,21);3H2,1-2H3. The molecule has 1 amide bonds. The molecule has 0 spiro atoms. The molecular weight excluding hydrogens is 302 g/mol. The molecule has 1 aromatic carbocycles. The van der Waals surface area contributed by atoms with Crippen molar-refractivity contribution in [1.82, 2.24) is 0 Å². The maximum Gasteiger partial charge on any atom is 0.224 e. The Labute approximate surface area is 146 Å². The number of Topliss-reactive ketones (excluding diaryl/α,β-unsaturated/α-hetero) is 2. The summed E-state index contributed by atoms with van der Waals surface area (Å²) in [5, 5.41) is 2.84. The highest BCUT2D eigenvalue weighted by atomic mass is 16.2. The topological polar surface area (TPSA) is 63.2 Å². The minimum Gasteiger partial charge on any atom is -0.326 e. The number of hydrogen-bond donors (Lipinski definition) is 1. The van der Waals surface area contributed by atoms with Crippen LogP contribution in [0.5, 0.6) is 0 Å². The Balaban J connectivity index is 0.00000163. The highest BCUT2D eigenvalue weighted by Crippen LogP contribution is 2.12. The van der Waals surface area contributed by atoms with Gasteiger partial charge in [0, 0.05) is 18.5 Å². The van der Waals surface area contributed by atoms with Crippen LogP contribution in [0.15, 0.2) is 24.3 Å². The first kappa shape index (κ1) is 22.0. The molecule has 1 aromatic rings. The largest absolute Gasteiger partial charge is 0.326 e. The summed E-state index contributed by atoms with van der Waals surface area (Å²) in [6.45, 7) is 7.73. The summed E-state index contributed by atoms with van der Waals surface area (Å²) < 4.78 is 0. The van der Waals surface area contributed by atoms with Crippen molar-refractivity contribution in [3.63, 3.8) is 0 Å². The van der Waals surface area contributed by atoms with Crippen LogP contribution in [0, 0.1) is 0 Å². The average molecular weight is 333 g/mol. The van der Waals surface area contributed by atoms with Gasteiger partial charge in [0.25, 0.3) is 0 Å². The van der Waals surface area contributed by atoms with Gasteiger partial charge in [-0.25, -0.2) is 0 Å². The first-order chi connectivity index (χ1) is 11.4. The summed E-state index contributed by atoms with van der Waals surface area (Å²) in [5.41, 5.74) is 1.80. The molecule has 0 fully saturated rings. The van der Waals surface area contributed by atoms with Gasteiger partial charge in [0.2, 0.25) is 5.91 Å². The number of carbonyl (C=O) groups is 3. The molecule has 0 aliphatic heterocycles. The number of amides is 1. The monoisotopic (exact) mass is 333 g/mol. The van der Waals surface area contributed by atoms with Gasteiger partial charge in [-0.2, -0.15) is 0 Å². The second-order valence-corrected chi connectivity index (χ2v) is 5.97. The second kappa shape index (κ2) is 13.5. The van der Waals surface area contributed by atoms with Gasteiger partial charge < -0.3 is 5.32 Å². The summed E-state index contributed by atoms with van der Waals surface area (Å²) in [4.78, 5) is 33.9. The predicted octanol–water partition coefficient (Wildman–Crippen LogP) is 4.71. The SMILES string of the molecule is CCC.CCCCC(=O)Nc1ccc(CCC(=O)CC(C)=O)cc1. The molecule has 0 aliphatic rings. The Morgan fingerprint density at radius 2 is 1.54 bits per heavy atom. The van der Waals surface area contributed by atoms with Gasteiger partial charge >= 0.3 is 0 Å². The van der Waals surface area contributed by atoms with E-state index < -0.39 is 0 Å². The summed E-state index contributed by atoms with van der Waals surface area (Å²) in [6, 6.07) is 7.48. The van der Waals surface area contributed by atoms with Crippen molar-refractivity contribution in [2.45, 2.75) is 72.6 Å². The van der Waals surface area contributed by atoms with E-state index in [1.807, 2.05) is 24.3 Å². The number of carbonyl (C=O) groups excluding carboxylic acids is 3. The van der Waals surface area contributed by atoms with Crippen LogP contribution >= 0.6 is 0 Å². The number of anilines is 1. The smallest absolute Gasteiger partial charge is 0.224 e. The number of ketones is 2. The third-order valence-electron chi connectivity index (χ3n) is 3.13. The van der Waals surface area contributed by atoms with E-state index in [9.17, 15) is 14.4 Å². The molecule has 0 saturated heterocycles. The lowest BCUT2D eigenvalue weighted by atomic mass is 10.0. The van der Waals surface area contributed by atoms with E-state index in [0.717, 1.165) is 24.1 Å². The van der Waals surface area contributed by atoms with E-state index in [0.29, 0.717) is 19.3 Å². The van der Waals surface area contributed by atoms with Crippen LogP contribution < -0.4 is 5.32 Å². The molecule has 0 heterocycles. The zero-order chi connectivity index (χ0) is 18.4. The molecule has 4 nitrogen and oxygen atoms in total. The molecule has 0 unspecified atom stereocenters. The molecular formula is C20H31NO3. The quantitative estimate of drug-likeness (QED) is 0.665. The zero-order valence-corrected chi connectivity index (χ0v) is 15.5. The predicted molar refractivity (Wildman–Crippen MR) is 99.2 cm³/mol. The van der Waals surface area contributed by atoms with Crippen LogP contribution in [-0.2, 0) is 20.8 Å². The van der Waals surface area contributed by atoms with Crippen molar-refractivity contribution in [3.8, 4) is 0 Å². The summed E-state index contributed by atoms with van der Waals surface area (Å²) in [7, 11) is 0. The lowest BCUT2D eigenvalue weighted by Crippen LogP contribution is -2.10. The lowest BCUT2D eigenvalue weighted by Gasteiger charge is -2.06. The molecule has 0 radical (unpaired) electrons. The molecule has 4 heteroatoms. The maximum atomic E-state index is 11.6. The van der Waals surface area contributed by atoms with Gasteiger partial charge in [-0.15, -0.1) is 0 Å². The minimum absolute atomic E-state index is 0.0194. The minimum atomic E-state index is -0.0925. The van der Waals surface area contributed by atoms with Gasteiger partial charge in [0.15, 0.2) is 0 Å². The Morgan fingerprint density at radius 3 is 2.04 bits per heavy atom. The van der Waals surface area contributed by atoms with Gasteiger partial charge in [-0.3, -0.25) is 14.4 Å². The van der Waals surface area contributed by atoms with Crippen LogP contribution in [0.25, 0.3) is 0 Å². The molecule has 0 saturated carbocycles. The van der Waals surface area contributed by atoms with E-state index in [4.69, 9.17) is 0 Å². The molecule has 0 bridgehead atoms. The highest BCUT2D eigenvalue weighted by Gasteiger charge is 2.06. The van der Waals surface area contributed by atoms with Crippen LogP contribution in [0.1, 0.15) is 71.8 Å². The van der Waals surface area contributed by atoms with Crippen molar-refractivity contribution < 1.29 is 14.4 Å². The number of benzene rings is 1. The Bertz CT molecular complexity index is 506. The first-order valence-corrected chi connectivity index (χ1v) is 8.82. The molecule has 1 N–H and O–H groups in total. The van der Waals surface area contributed by atoms with Crippen molar-refractivity contribution in [2.75, 3.05) is 5.32 Å². The second-order valence-electron chi connectivity index (χ2n) is 5.97. The van der Waals surface area contributed by atoms with E-state index >= 15 is 0 Å². The third-order valence-corrected chi connectivity index (χ3v) is 3.13. The fourth-order valence-corrected chi connectivity index (χ4v) is 1.97. The number of rotatable bonds is 9. The normalized spacial score (nSPS) is 9.67. The highest BCUT2D eigenvalue weighted by molar-refractivity contribution is 5.98. The van der Waals surface area contributed by atoms with Crippen LogP contribution in [0.3, 0.4) is 0 Å². The van der Waals surface area contributed by atoms with E-state index in [1.165, 1.54) is 13.3 Å². The van der Waals surface area contributed by atoms with Gasteiger partial charge in [0.05, 0.1) is 6.42 Å². The van der Waals surface area contributed by atoms with Crippen molar-refractivity contribution in [2.24, 2.45) is 0 Å². The van der Waals surface area contributed by atoms with Crippen LogP contribution in [0.4, 0.5) is 5.69 Å². The third kappa shape index (κ3) is 11.6. The van der Waals surface area contributed by atoms with E-state index in [-0.39, 0.29) is 23.9 Å². The Hall–Kier alpha value is -1.97. The van der Waals surface area contributed by atoms with Crippen molar-refractivity contribution in [1.29, 1.82) is 0 Å². The molecule has 1 rings (SSSR count). The van der Waals surface area contributed by atoms with E-state index in [2.05, 4.69) is 26.1 Å². The van der Waals surface area contributed by atoms with Crippen molar-refractivity contribution in [3.05, 3.63) is 29.8 Å². The fraction of sp³-hybridized carbons (Fsp3) is 0.550. The number of hydrogen-bond acceptors (Lipinski definition) is 3. The molecule has 24 heavy (non-hydrogen) atoms. The number of aryl methyl sites for hydroxylation is 1. The number of unbranched alkanes of at least 4 members (excludes halogenated alkanes) is 1. The zero-order valence-electron chi connectivity index (χ0n) is 15.5. The molecule has 134 valence electrons. The van der Waals surface area contributed by atoms with Gasteiger partial charge in [0.1, 0.15) is 11.6 Å². The summed E-state index contributed by atoms with van der Waals surface area (Å²) in [5.74, 6) is -0.0918. The molecule has 0 aliphatic carbocycles. The fourth-order valence-electron chi connectivity index (χ4n) is 1.97. The lowest BCUT2D eigenvalue weighted by molar-refractivity contribution is -0.126. The number of nitrogens with one attached hydrogen (secondary N) is 1. The average Bonchev–Trinajstić information content (AvgIpc) is 2.52. The molecule has 0 atom stereocenters. The van der Waals surface area contributed by atoms with E-state index in [1.54, 1.807) is 0 Å². The maximum absolute atomic E-state index is 11.6. The van der Waals surface area contributed by atoms with Crippen molar-refractivity contribution >= 4 is 23.2 Å². The Kier molecular flexibility index (Phi) is 12.4. The van der Waals surface area contributed by atoms with Gasteiger partial charge in [-0.1, -0.05) is 45.7 Å². The first-order valence-electron chi connectivity index (χ1n) is 8.82.